The summed E-state index contributed by atoms with van der Waals surface area (Å²) in [6, 6.07) is 0. The minimum absolute atomic E-state index is 0. The van der Waals surface area contributed by atoms with Crippen molar-refractivity contribution in [2.45, 2.75) is 25.9 Å². The lowest BCUT2D eigenvalue weighted by Gasteiger charge is -2.28. The zero-order valence-corrected chi connectivity index (χ0v) is 10.8. The maximum atomic E-state index is 12.3. The third-order valence-electron chi connectivity index (χ3n) is 3.65. The van der Waals surface area contributed by atoms with Gasteiger partial charge >= 0.3 is 0 Å². The second kappa shape index (κ2) is 5.34. The molecule has 2 atom stereocenters. The zero-order valence-electron chi connectivity index (χ0n) is 9.99. The zero-order chi connectivity index (χ0) is 10.9. The standard InChI is InChI=1S/C11H20N2O2.ClH/c1-11(4-5-12-8-11)10(14)13-6-3-9(7-13)15-2;/h9,12H,3-8H2,1-2H3;1H/t9-,11?;/m0./s1. The first-order valence-electron chi connectivity index (χ1n) is 5.68. The monoisotopic (exact) mass is 248 g/mol. The Morgan fingerprint density at radius 1 is 1.56 bits per heavy atom. The van der Waals surface area contributed by atoms with Gasteiger partial charge in [-0.2, -0.15) is 0 Å². The molecule has 0 aromatic heterocycles. The number of methoxy groups -OCH3 is 1. The SMILES string of the molecule is CO[C@H]1CCN(C(=O)C2(C)CCNC2)C1.Cl. The van der Waals surface area contributed by atoms with Crippen LogP contribution < -0.4 is 5.32 Å². The van der Waals surface area contributed by atoms with Crippen LogP contribution in [0.2, 0.25) is 0 Å². The molecule has 1 amide bonds. The van der Waals surface area contributed by atoms with E-state index < -0.39 is 0 Å². The van der Waals surface area contributed by atoms with Gasteiger partial charge in [0.05, 0.1) is 11.5 Å². The van der Waals surface area contributed by atoms with Crippen molar-refractivity contribution in [3.63, 3.8) is 0 Å². The number of amides is 1. The number of nitrogens with zero attached hydrogens (tertiary/aromatic N) is 1. The van der Waals surface area contributed by atoms with E-state index in [1.54, 1.807) is 7.11 Å². The lowest BCUT2D eigenvalue weighted by Crippen LogP contribution is -2.42. The van der Waals surface area contributed by atoms with Gasteiger partial charge < -0.3 is 15.0 Å². The highest BCUT2D eigenvalue weighted by molar-refractivity contribution is 5.85. The molecular formula is C11H21ClN2O2. The van der Waals surface area contributed by atoms with E-state index in [9.17, 15) is 4.79 Å². The molecule has 5 heteroatoms. The second-order valence-corrected chi connectivity index (χ2v) is 4.88. The number of rotatable bonds is 2. The van der Waals surface area contributed by atoms with E-state index in [-0.39, 0.29) is 23.9 Å². The molecular weight excluding hydrogens is 228 g/mol. The lowest BCUT2D eigenvalue weighted by atomic mass is 9.88. The largest absolute Gasteiger partial charge is 0.380 e. The van der Waals surface area contributed by atoms with Crippen LogP contribution in [0.4, 0.5) is 0 Å². The van der Waals surface area contributed by atoms with Gasteiger partial charge in [-0.3, -0.25) is 4.79 Å². The van der Waals surface area contributed by atoms with Crippen molar-refractivity contribution in [1.82, 2.24) is 10.2 Å². The van der Waals surface area contributed by atoms with Crippen molar-refractivity contribution in [2.24, 2.45) is 5.41 Å². The molecule has 2 aliphatic rings. The quantitative estimate of drug-likeness (QED) is 0.781. The number of carbonyl (C=O) groups excluding carboxylic acids is 1. The van der Waals surface area contributed by atoms with Crippen LogP contribution in [-0.2, 0) is 9.53 Å². The van der Waals surface area contributed by atoms with E-state index in [1.165, 1.54) is 0 Å². The number of nitrogens with one attached hydrogen (secondary N) is 1. The predicted octanol–water partition coefficient (Wildman–Crippen LogP) is 0.655. The third-order valence-corrected chi connectivity index (χ3v) is 3.65. The molecule has 16 heavy (non-hydrogen) atoms. The number of likely N-dealkylation sites (tertiary alicyclic amines) is 1. The molecule has 2 rings (SSSR count). The fourth-order valence-corrected chi connectivity index (χ4v) is 2.49. The van der Waals surface area contributed by atoms with E-state index in [0.717, 1.165) is 39.0 Å². The Kier molecular flexibility index (Phi) is 4.59. The molecule has 0 spiro atoms. The second-order valence-electron chi connectivity index (χ2n) is 4.88. The summed E-state index contributed by atoms with van der Waals surface area (Å²) >= 11 is 0. The number of hydrogen-bond donors (Lipinski definition) is 1. The van der Waals surface area contributed by atoms with Crippen molar-refractivity contribution in [3.8, 4) is 0 Å². The van der Waals surface area contributed by atoms with Crippen LogP contribution >= 0.6 is 12.4 Å². The fourth-order valence-electron chi connectivity index (χ4n) is 2.49. The molecule has 1 N–H and O–H groups in total. The summed E-state index contributed by atoms with van der Waals surface area (Å²) in [5, 5.41) is 3.26. The number of carbonyl (C=O) groups is 1. The molecule has 2 fully saturated rings. The lowest BCUT2D eigenvalue weighted by molar-refractivity contribution is -0.139. The summed E-state index contributed by atoms with van der Waals surface area (Å²) in [6.45, 7) is 5.47. The van der Waals surface area contributed by atoms with Crippen LogP contribution in [0.25, 0.3) is 0 Å². The number of ether oxygens (including phenoxy) is 1. The first-order valence-corrected chi connectivity index (χ1v) is 5.68. The summed E-state index contributed by atoms with van der Waals surface area (Å²) in [5.41, 5.74) is -0.178. The van der Waals surface area contributed by atoms with Gasteiger partial charge in [0.1, 0.15) is 0 Å². The first-order chi connectivity index (χ1) is 7.15. The van der Waals surface area contributed by atoms with Crippen LogP contribution in [0, 0.1) is 5.41 Å². The maximum Gasteiger partial charge on any atom is 0.229 e. The van der Waals surface area contributed by atoms with E-state index in [0.29, 0.717) is 5.91 Å². The molecule has 0 aromatic carbocycles. The third kappa shape index (κ3) is 2.50. The van der Waals surface area contributed by atoms with E-state index in [1.807, 2.05) is 4.90 Å². The minimum atomic E-state index is -0.178. The topological polar surface area (TPSA) is 41.6 Å². The van der Waals surface area contributed by atoms with Gasteiger partial charge in [0.2, 0.25) is 5.91 Å². The van der Waals surface area contributed by atoms with Gasteiger partial charge in [-0.1, -0.05) is 0 Å². The van der Waals surface area contributed by atoms with Gasteiger partial charge in [-0.05, 0) is 26.3 Å². The van der Waals surface area contributed by atoms with Gasteiger partial charge in [0.15, 0.2) is 0 Å². The molecule has 0 aliphatic carbocycles. The Balaban J connectivity index is 0.00000128. The first kappa shape index (κ1) is 13.7. The van der Waals surface area contributed by atoms with Crippen molar-refractivity contribution < 1.29 is 9.53 Å². The van der Waals surface area contributed by atoms with Gasteiger partial charge in [0.25, 0.3) is 0 Å². The van der Waals surface area contributed by atoms with Crippen LogP contribution in [0.3, 0.4) is 0 Å². The summed E-state index contributed by atoms with van der Waals surface area (Å²) in [5.74, 6) is 0.298. The maximum absolute atomic E-state index is 12.3. The summed E-state index contributed by atoms with van der Waals surface area (Å²) < 4.78 is 5.28. The summed E-state index contributed by atoms with van der Waals surface area (Å²) in [4.78, 5) is 14.2. The smallest absolute Gasteiger partial charge is 0.229 e. The normalized spacial score (nSPS) is 33.9. The van der Waals surface area contributed by atoms with Gasteiger partial charge in [-0.25, -0.2) is 0 Å². The molecule has 2 heterocycles. The highest BCUT2D eigenvalue weighted by atomic mass is 35.5. The van der Waals surface area contributed by atoms with Crippen molar-refractivity contribution >= 4 is 18.3 Å². The number of halogens is 1. The molecule has 1 unspecified atom stereocenters. The summed E-state index contributed by atoms with van der Waals surface area (Å²) in [7, 11) is 1.72. The Hall–Kier alpha value is -0.320. The molecule has 2 aliphatic heterocycles. The Morgan fingerprint density at radius 3 is 2.81 bits per heavy atom. The van der Waals surface area contributed by atoms with E-state index in [4.69, 9.17) is 4.74 Å². The average molecular weight is 249 g/mol. The Morgan fingerprint density at radius 2 is 2.31 bits per heavy atom. The fraction of sp³-hybridized carbons (Fsp3) is 0.909. The molecule has 0 radical (unpaired) electrons. The van der Waals surface area contributed by atoms with E-state index in [2.05, 4.69) is 12.2 Å². The molecule has 0 aromatic rings. The molecule has 0 bridgehead atoms. The number of hydrogen-bond acceptors (Lipinski definition) is 3. The van der Waals surface area contributed by atoms with E-state index >= 15 is 0 Å². The van der Waals surface area contributed by atoms with Gasteiger partial charge in [-0.15, -0.1) is 12.4 Å². The van der Waals surface area contributed by atoms with Crippen LogP contribution in [0.1, 0.15) is 19.8 Å². The van der Waals surface area contributed by atoms with Crippen LogP contribution in [0.15, 0.2) is 0 Å². The average Bonchev–Trinajstić information content (AvgIpc) is 2.85. The molecule has 94 valence electrons. The van der Waals surface area contributed by atoms with Crippen molar-refractivity contribution in [1.29, 1.82) is 0 Å². The van der Waals surface area contributed by atoms with Gasteiger partial charge in [0, 0.05) is 26.7 Å². The molecule has 0 saturated carbocycles. The van der Waals surface area contributed by atoms with Crippen LogP contribution in [0.5, 0.6) is 0 Å². The summed E-state index contributed by atoms with van der Waals surface area (Å²) in [6.07, 6.45) is 2.18. The minimum Gasteiger partial charge on any atom is -0.380 e. The predicted molar refractivity (Wildman–Crippen MR) is 64.8 cm³/mol. The van der Waals surface area contributed by atoms with Crippen molar-refractivity contribution in [2.75, 3.05) is 33.3 Å². The Labute approximate surface area is 103 Å². The van der Waals surface area contributed by atoms with Crippen molar-refractivity contribution in [3.05, 3.63) is 0 Å². The van der Waals surface area contributed by atoms with Crippen LogP contribution in [-0.4, -0.2) is 50.2 Å². The highest BCUT2D eigenvalue weighted by Gasteiger charge is 2.41. The highest BCUT2D eigenvalue weighted by Crippen LogP contribution is 2.29. The Bertz CT molecular complexity index is 254. The molecule has 2 saturated heterocycles. The molecule has 4 nitrogen and oxygen atoms in total.